The zero-order valence-corrected chi connectivity index (χ0v) is 17.4. The molecule has 0 heterocycles. The normalized spacial score (nSPS) is 11.0. The molecule has 29 heavy (non-hydrogen) atoms. The van der Waals surface area contributed by atoms with Crippen LogP contribution in [0.15, 0.2) is 77.7 Å². The summed E-state index contributed by atoms with van der Waals surface area (Å²) in [6.45, 7) is 0. The molecule has 0 saturated heterocycles. The zero-order chi connectivity index (χ0) is 21.0. The molecule has 6 nitrogen and oxygen atoms in total. The number of carbonyl (C=O) groups is 1. The van der Waals surface area contributed by atoms with Gasteiger partial charge in [0.15, 0.2) is 0 Å². The zero-order valence-electron chi connectivity index (χ0n) is 15.8. The summed E-state index contributed by atoms with van der Waals surface area (Å²) in [6, 6.07) is 19.4. The molecular weight excluding hydrogens is 412 g/mol. The topological polar surface area (TPSA) is 75.7 Å². The number of halogens is 1. The van der Waals surface area contributed by atoms with Crippen LogP contribution in [-0.4, -0.2) is 28.5 Å². The number of para-hydroxylation sites is 1. The maximum absolute atomic E-state index is 13.0. The maximum atomic E-state index is 13.0. The summed E-state index contributed by atoms with van der Waals surface area (Å²) in [5, 5.41) is 3.13. The lowest BCUT2D eigenvalue weighted by Gasteiger charge is -2.19. The maximum Gasteiger partial charge on any atom is 0.264 e. The van der Waals surface area contributed by atoms with Crippen LogP contribution in [0.3, 0.4) is 0 Å². The number of methoxy groups -OCH3 is 1. The SMILES string of the molecule is COc1ccc(Cl)cc1NC(=O)c1cccc(S(=O)(=O)N(C)c2ccccc2)c1. The first-order valence-electron chi connectivity index (χ1n) is 8.62. The first kappa shape index (κ1) is 20.7. The Kier molecular flexibility index (Phi) is 6.10. The van der Waals surface area contributed by atoms with E-state index in [0.29, 0.717) is 22.1 Å². The van der Waals surface area contributed by atoms with Gasteiger partial charge in [-0.1, -0.05) is 35.9 Å². The Labute approximate surface area is 174 Å². The highest BCUT2D eigenvalue weighted by atomic mass is 35.5. The van der Waals surface area contributed by atoms with Crippen molar-refractivity contribution in [2.75, 3.05) is 23.8 Å². The standard InChI is InChI=1S/C21H19ClN2O4S/c1-24(17-8-4-3-5-9-17)29(26,27)18-10-6-7-15(13-18)21(25)23-19-14-16(22)11-12-20(19)28-2/h3-14H,1-2H3,(H,23,25). The molecule has 0 saturated carbocycles. The minimum Gasteiger partial charge on any atom is -0.495 e. The molecule has 3 aromatic rings. The Morgan fingerprint density at radius 2 is 1.72 bits per heavy atom. The van der Waals surface area contributed by atoms with Crippen molar-refractivity contribution in [3.05, 3.63) is 83.4 Å². The van der Waals surface area contributed by atoms with Crippen LogP contribution in [0.5, 0.6) is 5.75 Å². The third kappa shape index (κ3) is 4.52. The Morgan fingerprint density at radius 3 is 2.41 bits per heavy atom. The summed E-state index contributed by atoms with van der Waals surface area (Å²) in [7, 11) is -0.889. The van der Waals surface area contributed by atoms with Crippen molar-refractivity contribution in [2.24, 2.45) is 0 Å². The molecule has 8 heteroatoms. The lowest BCUT2D eigenvalue weighted by Crippen LogP contribution is -2.26. The second-order valence-corrected chi connectivity index (χ2v) is 8.54. The van der Waals surface area contributed by atoms with Crippen molar-refractivity contribution in [1.82, 2.24) is 0 Å². The average Bonchev–Trinajstić information content (AvgIpc) is 2.74. The first-order valence-corrected chi connectivity index (χ1v) is 10.4. The molecule has 0 aliphatic carbocycles. The number of nitrogens with one attached hydrogen (secondary N) is 1. The highest BCUT2D eigenvalue weighted by Gasteiger charge is 2.22. The van der Waals surface area contributed by atoms with Crippen LogP contribution in [-0.2, 0) is 10.0 Å². The molecule has 0 unspecified atom stereocenters. The molecule has 0 atom stereocenters. The predicted octanol–water partition coefficient (Wildman–Crippen LogP) is 4.43. The number of anilines is 2. The molecule has 3 rings (SSSR count). The van der Waals surface area contributed by atoms with Gasteiger partial charge in [-0.2, -0.15) is 0 Å². The van der Waals surface area contributed by atoms with E-state index in [1.807, 2.05) is 0 Å². The number of sulfonamides is 1. The van der Waals surface area contributed by atoms with E-state index in [1.165, 1.54) is 42.7 Å². The van der Waals surface area contributed by atoms with E-state index in [1.54, 1.807) is 48.5 Å². The van der Waals surface area contributed by atoms with Crippen LogP contribution in [0.25, 0.3) is 0 Å². The number of nitrogens with zero attached hydrogens (tertiary/aromatic N) is 1. The number of hydrogen-bond donors (Lipinski definition) is 1. The second-order valence-electron chi connectivity index (χ2n) is 6.13. The summed E-state index contributed by atoms with van der Waals surface area (Å²) in [6.07, 6.45) is 0. The Hall–Kier alpha value is -3.03. The van der Waals surface area contributed by atoms with Gasteiger partial charge in [-0.15, -0.1) is 0 Å². The van der Waals surface area contributed by atoms with Crippen LogP contribution in [0.2, 0.25) is 5.02 Å². The summed E-state index contributed by atoms with van der Waals surface area (Å²) in [5.41, 5.74) is 1.10. The fraction of sp³-hybridized carbons (Fsp3) is 0.0952. The van der Waals surface area contributed by atoms with Gasteiger partial charge in [-0.05, 0) is 48.5 Å². The highest BCUT2D eigenvalue weighted by Crippen LogP contribution is 2.28. The number of ether oxygens (including phenoxy) is 1. The number of benzene rings is 3. The molecule has 150 valence electrons. The molecule has 0 bridgehead atoms. The van der Waals surface area contributed by atoms with Gasteiger partial charge in [0, 0.05) is 17.6 Å². The van der Waals surface area contributed by atoms with Gasteiger partial charge in [-0.25, -0.2) is 8.42 Å². The number of rotatable bonds is 6. The molecule has 1 N–H and O–H groups in total. The van der Waals surface area contributed by atoms with Crippen molar-refractivity contribution in [3.63, 3.8) is 0 Å². The summed E-state index contributed by atoms with van der Waals surface area (Å²) in [5.74, 6) is -0.0414. The van der Waals surface area contributed by atoms with Crippen molar-refractivity contribution in [2.45, 2.75) is 4.90 Å². The molecule has 0 aromatic heterocycles. The van der Waals surface area contributed by atoms with Crippen LogP contribution in [0, 0.1) is 0 Å². The molecule has 0 aliphatic rings. The third-order valence-electron chi connectivity index (χ3n) is 4.28. The van der Waals surface area contributed by atoms with Crippen LogP contribution < -0.4 is 14.4 Å². The number of hydrogen-bond acceptors (Lipinski definition) is 4. The minimum absolute atomic E-state index is 0.00885. The number of amides is 1. The second kappa shape index (κ2) is 8.55. The molecule has 0 radical (unpaired) electrons. The van der Waals surface area contributed by atoms with Gasteiger partial charge >= 0.3 is 0 Å². The van der Waals surface area contributed by atoms with Crippen molar-refractivity contribution in [3.8, 4) is 5.75 Å². The van der Waals surface area contributed by atoms with E-state index in [-0.39, 0.29) is 10.5 Å². The van der Waals surface area contributed by atoms with Gasteiger partial charge in [0.2, 0.25) is 0 Å². The molecule has 0 aliphatic heterocycles. The lowest BCUT2D eigenvalue weighted by atomic mass is 10.2. The summed E-state index contributed by atoms with van der Waals surface area (Å²) >= 11 is 5.99. The van der Waals surface area contributed by atoms with E-state index in [0.717, 1.165) is 0 Å². The molecule has 0 spiro atoms. The molecular formula is C21H19ClN2O4S. The van der Waals surface area contributed by atoms with E-state index >= 15 is 0 Å². The predicted molar refractivity (Wildman–Crippen MR) is 114 cm³/mol. The van der Waals surface area contributed by atoms with Crippen LogP contribution in [0.1, 0.15) is 10.4 Å². The molecule has 1 amide bonds. The Morgan fingerprint density at radius 1 is 1.00 bits per heavy atom. The van der Waals surface area contributed by atoms with Crippen molar-refractivity contribution < 1.29 is 17.9 Å². The van der Waals surface area contributed by atoms with Gasteiger partial charge in [0.05, 0.1) is 23.4 Å². The Bertz CT molecular complexity index is 1130. The number of carbonyl (C=O) groups excluding carboxylic acids is 1. The van der Waals surface area contributed by atoms with E-state index < -0.39 is 15.9 Å². The fourth-order valence-corrected chi connectivity index (χ4v) is 4.12. The van der Waals surface area contributed by atoms with Crippen LogP contribution in [0.4, 0.5) is 11.4 Å². The molecule has 3 aromatic carbocycles. The summed E-state index contributed by atoms with van der Waals surface area (Å²) < 4.78 is 32.3. The lowest BCUT2D eigenvalue weighted by molar-refractivity contribution is 0.102. The van der Waals surface area contributed by atoms with Gasteiger partial charge in [0.1, 0.15) is 5.75 Å². The quantitative estimate of drug-likeness (QED) is 0.627. The first-order chi connectivity index (χ1) is 13.8. The van der Waals surface area contributed by atoms with E-state index in [4.69, 9.17) is 16.3 Å². The minimum atomic E-state index is -3.83. The van der Waals surface area contributed by atoms with Gasteiger partial charge in [0.25, 0.3) is 15.9 Å². The van der Waals surface area contributed by atoms with Crippen LogP contribution >= 0.6 is 11.6 Å². The van der Waals surface area contributed by atoms with Crippen molar-refractivity contribution >= 4 is 38.9 Å². The smallest absolute Gasteiger partial charge is 0.264 e. The molecule has 0 fully saturated rings. The van der Waals surface area contributed by atoms with Gasteiger partial charge < -0.3 is 10.1 Å². The largest absolute Gasteiger partial charge is 0.495 e. The van der Waals surface area contributed by atoms with E-state index in [9.17, 15) is 13.2 Å². The van der Waals surface area contributed by atoms with Gasteiger partial charge in [-0.3, -0.25) is 9.10 Å². The fourth-order valence-electron chi connectivity index (χ4n) is 2.70. The average molecular weight is 431 g/mol. The summed E-state index contributed by atoms with van der Waals surface area (Å²) in [4.78, 5) is 12.7. The highest BCUT2D eigenvalue weighted by molar-refractivity contribution is 7.92. The van der Waals surface area contributed by atoms with E-state index in [2.05, 4.69) is 5.32 Å². The third-order valence-corrected chi connectivity index (χ3v) is 6.30. The Balaban J connectivity index is 1.89. The van der Waals surface area contributed by atoms with Crippen molar-refractivity contribution in [1.29, 1.82) is 0 Å². The monoisotopic (exact) mass is 430 g/mol.